The van der Waals surface area contributed by atoms with Crippen LogP contribution in [0, 0.1) is 13.8 Å². The van der Waals surface area contributed by atoms with Crippen LogP contribution in [0.2, 0.25) is 0 Å². The van der Waals surface area contributed by atoms with Crippen LogP contribution in [0.25, 0.3) is 0 Å². The highest BCUT2D eigenvalue weighted by Gasteiger charge is 2.34. The van der Waals surface area contributed by atoms with E-state index in [-0.39, 0.29) is 12.3 Å². The van der Waals surface area contributed by atoms with Gasteiger partial charge in [-0.25, -0.2) is 9.79 Å². The van der Waals surface area contributed by atoms with Gasteiger partial charge in [0.15, 0.2) is 5.78 Å². The molecule has 0 saturated heterocycles. The van der Waals surface area contributed by atoms with E-state index in [2.05, 4.69) is 10.6 Å². The Balaban J connectivity index is 1.54. The number of benzodiazepines with no additional fused rings is 1. The number of rotatable bonds is 7. The smallest absolute Gasteiger partial charge is 0.321 e. The molecule has 8 nitrogen and oxygen atoms in total. The van der Waals surface area contributed by atoms with Crippen LogP contribution >= 0.6 is 0 Å². The number of ether oxygens (including phenoxy) is 1. The van der Waals surface area contributed by atoms with Crippen molar-refractivity contribution >= 4 is 34.8 Å². The number of carbonyl (C=O) groups is 3. The number of fused-ring (bicyclic) bond motifs is 1. The minimum atomic E-state index is -1.31. The van der Waals surface area contributed by atoms with E-state index in [1.165, 1.54) is 12.0 Å². The van der Waals surface area contributed by atoms with Crippen molar-refractivity contribution in [1.82, 2.24) is 5.32 Å². The lowest BCUT2D eigenvalue weighted by atomic mass is 9.99. The summed E-state index contributed by atoms with van der Waals surface area (Å²) in [5.41, 5.74) is 5.23. The number of ketones is 1. The van der Waals surface area contributed by atoms with E-state index in [0.717, 1.165) is 16.7 Å². The third kappa shape index (κ3) is 5.86. The lowest BCUT2D eigenvalue weighted by Crippen LogP contribution is -2.50. The molecule has 0 spiro atoms. The number of para-hydroxylation sites is 1. The number of methoxy groups -OCH3 is 1. The van der Waals surface area contributed by atoms with E-state index in [9.17, 15) is 14.4 Å². The Kier molecular flexibility index (Phi) is 7.92. The first-order chi connectivity index (χ1) is 19.9. The quantitative estimate of drug-likeness (QED) is 0.298. The second-order valence-electron chi connectivity index (χ2n) is 9.73. The average Bonchev–Trinajstić information content (AvgIpc) is 3.08. The Hall–Kier alpha value is -5.24. The van der Waals surface area contributed by atoms with Crippen LogP contribution in [0.1, 0.15) is 32.6 Å². The summed E-state index contributed by atoms with van der Waals surface area (Å²) in [6.45, 7) is 3.54. The van der Waals surface area contributed by atoms with Crippen LogP contribution in [-0.2, 0) is 4.79 Å². The normalized spacial score (nSPS) is 14.4. The summed E-state index contributed by atoms with van der Waals surface area (Å²) in [6.07, 6.45) is -1.31. The standard InChI is InChI=1S/C33H30N4O4/c1-21-17-18-29(41-3)26(19-21)34-33(40)36-31-32(39)37(20-28(38)24-14-8-7-11-22(24)2)27-16-10-9-15-25(27)30(35-31)23-12-5-4-6-13-23/h4-19,31H,20H2,1-3H3,(H2,34,36,40). The van der Waals surface area contributed by atoms with Crippen molar-refractivity contribution < 1.29 is 19.1 Å². The van der Waals surface area contributed by atoms with E-state index in [1.54, 1.807) is 30.3 Å². The Morgan fingerprint density at radius 2 is 1.61 bits per heavy atom. The molecule has 206 valence electrons. The van der Waals surface area contributed by atoms with Crippen molar-refractivity contribution in [1.29, 1.82) is 0 Å². The van der Waals surface area contributed by atoms with Gasteiger partial charge in [-0.2, -0.15) is 0 Å². The van der Waals surface area contributed by atoms with Crippen LogP contribution in [0.15, 0.2) is 102 Å². The van der Waals surface area contributed by atoms with Gasteiger partial charge in [-0.1, -0.05) is 78.9 Å². The minimum absolute atomic E-state index is 0.218. The number of amides is 3. The maximum Gasteiger partial charge on any atom is 0.321 e. The predicted octanol–water partition coefficient (Wildman–Crippen LogP) is 5.53. The van der Waals surface area contributed by atoms with Gasteiger partial charge < -0.3 is 20.3 Å². The second kappa shape index (κ2) is 11.9. The number of nitrogens with one attached hydrogen (secondary N) is 2. The molecular weight excluding hydrogens is 516 g/mol. The molecule has 1 unspecified atom stereocenters. The van der Waals surface area contributed by atoms with Gasteiger partial charge in [-0.05, 0) is 43.2 Å². The van der Waals surface area contributed by atoms with Crippen LogP contribution in [0.3, 0.4) is 0 Å². The number of aliphatic imine (C=N–C) groups is 1. The molecule has 0 aromatic heterocycles. The highest BCUT2D eigenvalue weighted by Crippen LogP contribution is 2.29. The molecule has 0 fully saturated rings. The summed E-state index contributed by atoms with van der Waals surface area (Å²) >= 11 is 0. The molecule has 1 heterocycles. The first-order valence-corrected chi connectivity index (χ1v) is 13.2. The first kappa shape index (κ1) is 27.3. The summed E-state index contributed by atoms with van der Waals surface area (Å²) in [5.74, 6) is -0.275. The second-order valence-corrected chi connectivity index (χ2v) is 9.73. The summed E-state index contributed by atoms with van der Waals surface area (Å²) in [5, 5.41) is 5.49. The fraction of sp³-hybridized carbons (Fsp3) is 0.152. The summed E-state index contributed by atoms with van der Waals surface area (Å²) in [6, 6.07) is 28.8. The molecule has 41 heavy (non-hydrogen) atoms. The molecule has 0 aliphatic carbocycles. The number of carbonyl (C=O) groups excluding carboxylic acids is 3. The SMILES string of the molecule is COc1ccc(C)cc1NC(=O)NC1N=C(c2ccccc2)c2ccccc2N(CC(=O)c2ccccc2C)C1=O. The zero-order valence-corrected chi connectivity index (χ0v) is 23.0. The number of anilines is 2. The van der Waals surface area contributed by atoms with Crippen molar-refractivity contribution in [3.63, 3.8) is 0 Å². The highest BCUT2D eigenvalue weighted by molar-refractivity contribution is 6.21. The Morgan fingerprint density at radius 1 is 0.902 bits per heavy atom. The van der Waals surface area contributed by atoms with E-state index >= 15 is 0 Å². The van der Waals surface area contributed by atoms with Gasteiger partial charge in [0.05, 0.1) is 30.7 Å². The van der Waals surface area contributed by atoms with Crippen LogP contribution < -0.4 is 20.3 Å². The summed E-state index contributed by atoms with van der Waals surface area (Å²) < 4.78 is 5.38. The molecule has 4 aromatic carbocycles. The summed E-state index contributed by atoms with van der Waals surface area (Å²) in [4.78, 5) is 47.0. The molecule has 0 bridgehead atoms. The zero-order valence-electron chi connectivity index (χ0n) is 23.0. The zero-order chi connectivity index (χ0) is 28.9. The van der Waals surface area contributed by atoms with Crippen molar-refractivity contribution in [2.24, 2.45) is 4.99 Å². The lowest BCUT2D eigenvalue weighted by Gasteiger charge is -2.25. The third-order valence-corrected chi connectivity index (χ3v) is 6.87. The van der Waals surface area contributed by atoms with Crippen molar-refractivity contribution in [3.05, 3.63) is 125 Å². The first-order valence-electron chi connectivity index (χ1n) is 13.2. The maximum atomic E-state index is 14.1. The predicted molar refractivity (Wildman–Crippen MR) is 160 cm³/mol. The Bertz CT molecular complexity index is 1650. The molecule has 1 aliphatic rings. The number of hydrogen-bond donors (Lipinski definition) is 2. The van der Waals surface area contributed by atoms with Gasteiger partial charge in [0.2, 0.25) is 6.17 Å². The van der Waals surface area contributed by atoms with Crippen molar-refractivity contribution in [3.8, 4) is 5.75 Å². The molecule has 2 N–H and O–H groups in total. The topological polar surface area (TPSA) is 100 Å². The Labute approximate surface area is 238 Å². The molecule has 0 radical (unpaired) electrons. The van der Waals surface area contributed by atoms with E-state index in [1.807, 2.05) is 80.6 Å². The fourth-order valence-corrected chi connectivity index (χ4v) is 4.83. The van der Waals surface area contributed by atoms with Gasteiger partial charge in [-0.3, -0.25) is 9.59 Å². The van der Waals surface area contributed by atoms with Gasteiger partial charge in [0.1, 0.15) is 5.75 Å². The highest BCUT2D eigenvalue weighted by atomic mass is 16.5. The number of nitrogens with zero attached hydrogens (tertiary/aromatic N) is 2. The number of urea groups is 1. The molecule has 4 aromatic rings. The molecule has 5 rings (SSSR count). The minimum Gasteiger partial charge on any atom is -0.495 e. The van der Waals surface area contributed by atoms with Crippen LogP contribution in [0.4, 0.5) is 16.2 Å². The monoisotopic (exact) mass is 546 g/mol. The number of hydrogen-bond acceptors (Lipinski definition) is 5. The molecular formula is C33H30N4O4. The fourth-order valence-electron chi connectivity index (χ4n) is 4.83. The molecule has 3 amide bonds. The largest absolute Gasteiger partial charge is 0.495 e. The summed E-state index contributed by atoms with van der Waals surface area (Å²) in [7, 11) is 1.51. The van der Waals surface area contributed by atoms with Gasteiger partial charge >= 0.3 is 6.03 Å². The van der Waals surface area contributed by atoms with Gasteiger partial charge in [0.25, 0.3) is 5.91 Å². The van der Waals surface area contributed by atoms with Gasteiger partial charge in [0, 0.05) is 16.7 Å². The maximum absolute atomic E-state index is 14.1. The number of Topliss-reactive ketones (excluding diaryl/α,β-unsaturated/α-hetero) is 1. The van der Waals surface area contributed by atoms with Crippen molar-refractivity contribution in [2.45, 2.75) is 20.0 Å². The third-order valence-electron chi connectivity index (χ3n) is 6.87. The Morgan fingerprint density at radius 3 is 2.37 bits per heavy atom. The van der Waals surface area contributed by atoms with Crippen molar-refractivity contribution in [2.75, 3.05) is 23.9 Å². The molecule has 1 aliphatic heterocycles. The van der Waals surface area contributed by atoms with E-state index < -0.39 is 18.1 Å². The molecule has 0 saturated carbocycles. The molecule has 8 heteroatoms. The van der Waals surface area contributed by atoms with Crippen LogP contribution in [-0.4, -0.2) is 43.3 Å². The molecule has 1 atom stereocenters. The van der Waals surface area contributed by atoms with Gasteiger partial charge in [-0.15, -0.1) is 0 Å². The number of benzene rings is 4. The van der Waals surface area contributed by atoms with E-state index in [4.69, 9.17) is 9.73 Å². The number of aryl methyl sites for hydroxylation is 2. The van der Waals surface area contributed by atoms with Crippen LogP contribution in [0.5, 0.6) is 5.75 Å². The van der Waals surface area contributed by atoms with E-state index in [0.29, 0.717) is 34.0 Å². The average molecular weight is 547 g/mol. The lowest BCUT2D eigenvalue weighted by molar-refractivity contribution is -0.120.